The van der Waals surface area contributed by atoms with Crippen molar-refractivity contribution in [2.45, 2.75) is 26.4 Å². The van der Waals surface area contributed by atoms with Gasteiger partial charge in [-0.05, 0) is 24.5 Å². The van der Waals surface area contributed by atoms with Crippen molar-refractivity contribution in [1.29, 1.82) is 0 Å². The van der Waals surface area contributed by atoms with Crippen LogP contribution in [0.15, 0.2) is 12.1 Å². The van der Waals surface area contributed by atoms with Gasteiger partial charge in [0.25, 0.3) is 5.91 Å². The quantitative estimate of drug-likeness (QED) is 0.555. The first-order valence-corrected chi connectivity index (χ1v) is 9.12. The van der Waals surface area contributed by atoms with Gasteiger partial charge in [0.2, 0.25) is 0 Å². The molecule has 1 aromatic carbocycles. The van der Waals surface area contributed by atoms with E-state index in [1.165, 1.54) is 24.6 Å². The van der Waals surface area contributed by atoms with E-state index in [2.05, 4.69) is 0 Å². The van der Waals surface area contributed by atoms with Crippen LogP contribution in [0.25, 0.3) is 0 Å². The predicted octanol–water partition coefficient (Wildman–Crippen LogP) is 3.32. The van der Waals surface area contributed by atoms with E-state index in [0.29, 0.717) is 12.5 Å². The highest BCUT2D eigenvalue weighted by Gasteiger charge is 2.28. The molecule has 0 bridgehead atoms. The predicted molar refractivity (Wildman–Crippen MR) is 101 cm³/mol. The molecule has 30 heavy (non-hydrogen) atoms. The number of carbonyl (C=O) groups excluding carboxylic acids is 3. The molecule has 0 heterocycles. The molecule has 0 aromatic heterocycles. The summed E-state index contributed by atoms with van der Waals surface area (Å²) in [5.74, 6) is -1.25. The Bertz CT molecular complexity index is 771. The van der Waals surface area contributed by atoms with E-state index in [1.807, 2.05) is 13.8 Å². The zero-order valence-electron chi connectivity index (χ0n) is 16.5. The second-order valence-corrected chi connectivity index (χ2v) is 6.85. The smallest absolute Gasteiger partial charge is 0.405 e. The van der Waals surface area contributed by atoms with E-state index in [0.717, 1.165) is 6.42 Å². The number of amides is 3. The van der Waals surface area contributed by atoms with Gasteiger partial charge in [0.1, 0.15) is 6.54 Å². The number of methoxy groups -OCH3 is 1. The van der Waals surface area contributed by atoms with Gasteiger partial charge in [-0.25, -0.2) is 9.59 Å². The minimum Gasteiger partial charge on any atom is -0.493 e. The van der Waals surface area contributed by atoms with Gasteiger partial charge in [0, 0.05) is 0 Å². The Morgan fingerprint density at radius 2 is 1.87 bits per heavy atom. The molecule has 1 rings (SSSR count). The van der Waals surface area contributed by atoms with Gasteiger partial charge < -0.3 is 19.5 Å². The summed E-state index contributed by atoms with van der Waals surface area (Å²) < 4.78 is 51.5. The molecule has 0 aliphatic rings. The van der Waals surface area contributed by atoms with Crippen molar-refractivity contribution >= 4 is 29.5 Å². The van der Waals surface area contributed by atoms with Crippen LogP contribution in [-0.4, -0.2) is 51.0 Å². The molecule has 0 spiro atoms. The lowest BCUT2D eigenvalue weighted by atomic mass is 10.1. The Morgan fingerprint density at radius 3 is 2.43 bits per heavy atom. The second kappa shape index (κ2) is 11.5. The minimum absolute atomic E-state index is 0.0533. The van der Waals surface area contributed by atoms with Crippen LogP contribution < -0.4 is 20.1 Å². The third kappa shape index (κ3) is 9.21. The second-order valence-electron chi connectivity index (χ2n) is 6.44. The van der Waals surface area contributed by atoms with E-state index >= 15 is 0 Å². The molecule has 3 amide bonds. The molecule has 0 aliphatic heterocycles. The number of hydrogen-bond donors (Lipinski definition) is 2. The molecule has 12 heteroatoms. The van der Waals surface area contributed by atoms with Crippen molar-refractivity contribution in [2.75, 3.05) is 26.9 Å². The van der Waals surface area contributed by atoms with Crippen molar-refractivity contribution in [3.63, 3.8) is 0 Å². The molecule has 0 aliphatic carbocycles. The topological polar surface area (TPSA) is 103 Å². The molecule has 0 unspecified atom stereocenters. The van der Waals surface area contributed by atoms with Crippen LogP contribution in [0.4, 0.5) is 18.0 Å². The lowest BCUT2D eigenvalue weighted by Crippen LogP contribution is -2.44. The lowest BCUT2D eigenvalue weighted by molar-refractivity contribution is -0.125. The molecule has 0 saturated carbocycles. The number of esters is 1. The van der Waals surface area contributed by atoms with Crippen molar-refractivity contribution in [3.8, 4) is 11.5 Å². The van der Waals surface area contributed by atoms with Crippen LogP contribution in [0.5, 0.6) is 11.5 Å². The van der Waals surface area contributed by atoms with Gasteiger partial charge in [-0.1, -0.05) is 25.4 Å². The maximum atomic E-state index is 12.1. The van der Waals surface area contributed by atoms with Gasteiger partial charge in [-0.15, -0.1) is 0 Å². The zero-order chi connectivity index (χ0) is 22.9. The summed E-state index contributed by atoms with van der Waals surface area (Å²) in [6.07, 6.45) is -3.86. The largest absolute Gasteiger partial charge is 0.493 e. The van der Waals surface area contributed by atoms with E-state index in [1.54, 1.807) is 5.32 Å². The highest BCUT2D eigenvalue weighted by atomic mass is 35.5. The summed E-state index contributed by atoms with van der Waals surface area (Å²) in [6, 6.07) is 1.18. The molecule has 0 radical (unpaired) electrons. The summed E-state index contributed by atoms with van der Waals surface area (Å²) in [7, 11) is 1.35. The molecular formula is C18H22ClF3N2O6. The highest BCUT2D eigenvalue weighted by Crippen LogP contribution is 2.36. The van der Waals surface area contributed by atoms with Gasteiger partial charge in [-0.2, -0.15) is 13.2 Å². The molecule has 168 valence electrons. The standard InChI is InChI=1S/C18H22ClF3N2O6/c1-10(2)4-5-29-15-12(19)6-11(7-13(15)28-3)16(26)30-8-14(25)24-17(27)23-9-18(20,21)22/h6-7,10H,4-5,8-9H2,1-3H3,(H2,23,24,25,27). The van der Waals surface area contributed by atoms with E-state index < -0.39 is 37.2 Å². The number of carbonyl (C=O) groups is 3. The maximum Gasteiger partial charge on any atom is 0.405 e. The average Bonchev–Trinajstić information content (AvgIpc) is 2.64. The number of ether oxygens (including phenoxy) is 3. The number of benzene rings is 1. The maximum absolute atomic E-state index is 12.1. The van der Waals surface area contributed by atoms with Crippen molar-refractivity contribution in [2.24, 2.45) is 5.92 Å². The fourth-order valence-electron chi connectivity index (χ4n) is 1.98. The van der Waals surface area contributed by atoms with Gasteiger partial charge in [-0.3, -0.25) is 10.1 Å². The Balaban J connectivity index is 2.65. The van der Waals surface area contributed by atoms with E-state index in [-0.39, 0.29) is 22.1 Å². The molecular weight excluding hydrogens is 433 g/mol. The lowest BCUT2D eigenvalue weighted by Gasteiger charge is -2.14. The zero-order valence-corrected chi connectivity index (χ0v) is 17.3. The normalized spacial score (nSPS) is 11.1. The van der Waals surface area contributed by atoms with Crippen LogP contribution >= 0.6 is 11.6 Å². The molecule has 8 nitrogen and oxygen atoms in total. The number of nitrogens with one attached hydrogen (secondary N) is 2. The monoisotopic (exact) mass is 454 g/mol. The summed E-state index contributed by atoms with van der Waals surface area (Å²) in [5.41, 5.74) is -0.0533. The minimum atomic E-state index is -4.63. The van der Waals surface area contributed by atoms with Crippen LogP contribution in [0.1, 0.15) is 30.6 Å². The Kier molecular flexibility index (Phi) is 9.70. The summed E-state index contributed by atoms with van der Waals surface area (Å²) in [6.45, 7) is 1.92. The first kappa shape index (κ1) is 25.3. The number of imide groups is 1. The molecule has 0 fully saturated rings. The van der Waals surface area contributed by atoms with E-state index in [9.17, 15) is 27.6 Å². The number of urea groups is 1. The van der Waals surface area contributed by atoms with Gasteiger partial charge in [0.05, 0.1) is 24.3 Å². The number of rotatable bonds is 9. The van der Waals surface area contributed by atoms with Crippen LogP contribution in [0.2, 0.25) is 5.02 Å². The Labute approximate surface area is 176 Å². The summed E-state index contributed by atoms with van der Waals surface area (Å²) in [5, 5.41) is 3.12. The van der Waals surface area contributed by atoms with Crippen molar-refractivity contribution in [3.05, 3.63) is 22.7 Å². The number of alkyl halides is 3. The number of halogens is 4. The van der Waals surface area contributed by atoms with Crippen LogP contribution in [0.3, 0.4) is 0 Å². The fraction of sp³-hybridized carbons (Fsp3) is 0.500. The van der Waals surface area contributed by atoms with Crippen molar-refractivity contribution < 1.29 is 41.8 Å². The van der Waals surface area contributed by atoms with Crippen LogP contribution in [0, 0.1) is 5.92 Å². The molecule has 0 atom stereocenters. The SMILES string of the molecule is COc1cc(C(=O)OCC(=O)NC(=O)NCC(F)(F)F)cc(Cl)c1OCCC(C)C. The summed E-state index contributed by atoms with van der Waals surface area (Å²) >= 11 is 6.14. The number of hydrogen-bond acceptors (Lipinski definition) is 6. The fourth-order valence-corrected chi connectivity index (χ4v) is 2.24. The van der Waals surface area contributed by atoms with Gasteiger partial charge >= 0.3 is 18.2 Å². The Morgan fingerprint density at radius 1 is 1.20 bits per heavy atom. The molecule has 0 saturated heterocycles. The summed E-state index contributed by atoms with van der Waals surface area (Å²) in [4.78, 5) is 34.8. The third-order valence-electron chi connectivity index (χ3n) is 3.44. The molecule has 2 N–H and O–H groups in total. The first-order chi connectivity index (χ1) is 13.9. The van der Waals surface area contributed by atoms with Crippen LogP contribution in [-0.2, 0) is 9.53 Å². The van der Waals surface area contributed by atoms with Gasteiger partial charge in [0.15, 0.2) is 18.1 Å². The Hall–Kier alpha value is -2.69. The average molecular weight is 455 g/mol. The van der Waals surface area contributed by atoms with Crippen molar-refractivity contribution in [1.82, 2.24) is 10.6 Å². The first-order valence-electron chi connectivity index (χ1n) is 8.74. The molecule has 1 aromatic rings. The van der Waals surface area contributed by atoms with E-state index in [4.69, 9.17) is 25.8 Å². The highest BCUT2D eigenvalue weighted by molar-refractivity contribution is 6.32. The third-order valence-corrected chi connectivity index (χ3v) is 3.72.